The number of hydrogen-bond acceptors (Lipinski definition) is 4. The maximum atomic E-state index is 10.4. The van der Waals surface area contributed by atoms with Crippen molar-refractivity contribution in [2.24, 2.45) is 0 Å². The molecule has 2 rings (SSSR count). The summed E-state index contributed by atoms with van der Waals surface area (Å²) in [7, 11) is 0. The van der Waals surface area contributed by atoms with Crippen molar-refractivity contribution < 1.29 is 9.90 Å². The normalized spacial score (nSPS) is 10.2. The fourth-order valence-electron chi connectivity index (χ4n) is 1.22. The van der Waals surface area contributed by atoms with Gasteiger partial charge in [-0.3, -0.25) is 4.57 Å². The first-order valence-corrected chi connectivity index (χ1v) is 5.02. The number of nitrogens with zero attached hydrogens (tertiary/aromatic N) is 4. The molecule has 0 atom stereocenters. The minimum Gasteiger partial charge on any atom is -0.465 e. The van der Waals surface area contributed by atoms with E-state index in [4.69, 9.17) is 16.7 Å². The van der Waals surface area contributed by atoms with Crippen molar-refractivity contribution >= 4 is 17.7 Å². The summed E-state index contributed by atoms with van der Waals surface area (Å²) in [5, 5.41) is 18.5. The molecule has 0 radical (unpaired) electrons. The average Bonchev–Trinajstić information content (AvgIpc) is 2.81. The number of rotatable bonds is 3. The van der Waals surface area contributed by atoms with Crippen LogP contribution in [0.2, 0.25) is 5.15 Å². The van der Waals surface area contributed by atoms with Crippen LogP contribution >= 0.6 is 11.6 Å². The van der Waals surface area contributed by atoms with Gasteiger partial charge in [-0.2, -0.15) is 0 Å². The lowest BCUT2D eigenvalue weighted by molar-refractivity contribution is 0.194. The van der Waals surface area contributed by atoms with Crippen LogP contribution in [0.4, 0.5) is 4.79 Å². The Morgan fingerprint density at radius 1 is 1.53 bits per heavy atom. The molecule has 2 aromatic heterocycles. The fraction of sp³-hybridized carbons (Fsp3) is 0.111. The molecule has 0 unspecified atom stereocenters. The molecule has 17 heavy (non-hydrogen) atoms. The second-order valence-electron chi connectivity index (χ2n) is 3.15. The third-order valence-corrected chi connectivity index (χ3v) is 2.33. The zero-order valence-corrected chi connectivity index (χ0v) is 9.29. The van der Waals surface area contributed by atoms with Crippen molar-refractivity contribution in [2.75, 3.05) is 0 Å². The van der Waals surface area contributed by atoms with Crippen LogP contribution < -0.4 is 5.32 Å². The maximum absolute atomic E-state index is 10.4. The van der Waals surface area contributed by atoms with Gasteiger partial charge in [0, 0.05) is 24.5 Å². The molecule has 1 amide bonds. The van der Waals surface area contributed by atoms with Crippen LogP contribution in [0.15, 0.2) is 24.8 Å². The molecule has 0 aliphatic carbocycles. The zero-order chi connectivity index (χ0) is 12.3. The van der Waals surface area contributed by atoms with E-state index in [1.165, 1.54) is 0 Å². The van der Waals surface area contributed by atoms with Gasteiger partial charge in [0.15, 0.2) is 11.0 Å². The number of hydrogen-bond donors (Lipinski definition) is 2. The maximum Gasteiger partial charge on any atom is 0.404 e. The van der Waals surface area contributed by atoms with E-state index in [1.54, 1.807) is 29.4 Å². The number of aromatic nitrogens is 4. The molecule has 0 fully saturated rings. The topological polar surface area (TPSA) is 92.9 Å². The Balaban J connectivity index is 2.26. The molecule has 8 heteroatoms. The lowest BCUT2D eigenvalue weighted by atomic mass is 10.3. The molecule has 2 heterocycles. The molecule has 0 spiro atoms. The van der Waals surface area contributed by atoms with Crippen molar-refractivity contribution in [1.29, 1.82) is 0 Å². The predicted molar refractivity (Wildman–Crippen MR) is 59.0 cm³/mol. The Hall–Kier alpha value is -2.15. The molecule has 0 saturated carbocycles. The van der Waals surface area contributed by atoms with Crippen LogP contribution in [0.3, 0.4) is 0 Å². The summed E-state index contributed by atoms with van der Waals surface area (Å²) in [6.45, 7) is 0.0748. The molecule has 2 N–H and O–H groups in total. The number of amides is 1. The lowest BCUT2D eigenvalue weighted by Gasteiger charge is -2.05. The molecule has 0 bridgehead atoms. The van der Waals surface area contributed by atoms with Gasteiger partial charge in [-0.25, -0.2) is 9.78 Å². The third-order valence-electron chi connectivity index (χ3n) is 2.01. The summed E-state index contributed by atoms with van der Waals surface area (Å²) in [4.78, 5) is 14.3. The molecule has 2 aromatic rings. The van der Waals surface area contributed by atoms with E-state index in [1.807, 2.05) is 0 Å². The Labute approximate surface area is 101 Å². The van der Waals surface area contributed by atoms with Crippen molar-refractivity contribution in [3.05, 3.63) is 35.5 Å². The van der Waals surface area contributed by atoms with E-state index in [9.17, 15) is 4.79 Å². The molecule has 0 saturated heterocycles. The van der Waals surface area contributed by atoms with Crippen LogP contribution in [-0.4, -0.2) is 30.9 Å². The lowest BCUT2D eigenvalue weighted by Crippen LogP contribution is -2.20. The molecule has 0 aliphatic rings. The Morgan fingerprint density at radius 3 is 3.00 bits per heavy atom. The first-order valence-electron chi connectivity index (χ1n) is 4.64. The van der Waals surface area contributed by atoms with E-state index in [0.29, 0.717) is 11.4 Å². The largest absolute Gasteiger partial charge is 0.465 e. The average molecular weight is 254 g/mol. The molecular formula is C9H8ClN5O2. The quantitative estimate of drug-likeness (QED) is 0.854. The molecular weight excluding hydrogens is 246 g/mol. The van der Waals surface area contributed by atoms with E-state index < -0.39 is 6.09 Å². The van der Waals surface area contributed by atoms with Gasteiger partial charge in [-0.15, -0.1) is 10.2 Å². The van der Waals surface area contributed by atoms with Crippen LogP contribution in [-0.2, 0) is 6.54 Å². The van der Waals surface area contributed by atoms with Gasteiger partial charge in [-0.1, -0.05) is 11.6 Å². The SMILES string of the molecule is O=C(O)NCc1cc(-n2ccnc2)nnc1Cl. The van der Waals surface area contributed by atoms with Gasteiger partial charge in [0.25, 0.3) is 0 Å². The molecule has 0 aromatic carbocycles. The summed E-state index contributed by atoms with van der Waals surface area (Å²) in [5.41, 5.74) is 0.549. The van der Waals surface area contributed by atoms with Gasteiger partial charge in [-0.05, 0) is 6.07 Å². The summed E-state index contributed by atoms with van der Waals surface area (Å²) in [6.07, 6.45) is 3.74. The molecule has 0 aliphatic heterocycles. The van der Waals surface area contributed by atoms with Gasteiger partial charge >= 0.3 is 6.09 Å². The molecule has 7 nitrogen and oxygen atoms in total. The predicted octanol–water partition coefficient (Wildman–Crippen LogP) is 1.08. The second kappa shape index (κ2) is 4.79. The zero-order valence-electron chi connectivity index (χ0n) is 8.54. The van der Waals surface area contributed by atoms with Gasteiger partial charge in [0.2, 0.25) is 0 Å². The summed E-state index contributed by atoms with van der Waals surface area (Å²) in [6, 6.07) is 1.65. The minimum absolute atomic E-state index is 0.0748. The van der Waals surface area contributed by atoms with Crippen LogP contribution in [0.1, 0.15) is 5.56 Å². The van der Waals surface area contributed by atoms with Crippen LogP contribution in [0.25, 0.3) is 5.82 Å². The van der Waals surface area contributed by atoms with E-state index in [2.05, 4.69) is 20.5 Å². The van der Waals surface area contributed by atoms with Crippen LogP contribution in [0.5, 0.6) is 0 Å². The number of carbonyl (C=O) groups is 1. The monoisotopic (exact) mass is 253 g/mol. The van der Waals surface area contributed by atoms with E-state index in [-0.39, 0.29) is 11.7 Å². The third kappa shape index (κ3) is 2.70. The van der Waals surface area contributed by atoms with E-state index in [0.717, 1.165) is 0 Å². The highest BCUT2D eigenvalue weighted by Gasteiger charge is 2.07. The van der Waals surface area contributed by atoms with Crippen molar-refractivity contribution in [3.63, 3.8) is 0 Å². The Kier molecular flexibility index (Phi) is 3.20. The molecule has 88 valence electrons. The highest BCUT2D eigenvalue weighted by atomic mass is 35.5. The smallest absolute Gasteiger partial charge is 0.404 e. The summed E-state index contributed by atoms with van der Waals surface area (Å²) < 4.78 is 1.65. The number of nitrogens with one attached hydrogen (secondary N) is 1. The number of carboxylic acid groups (broad SMARTS) is 1. The summed E-state index contributed by atoms with van der Waals surface area (Å²) in [5.74, 6) is 0.522. The van der Waals surface area contributed by atoms with Crippen molar-refractivity contribution in [3.8, 4) is 5.82 Å². The minimum atomic E-state index is -1.12. The van der Waals surface area contributed by atoms with Gasteiger partial charge < -0.3 is 10.4 Å². The van der Waals surface area contributed by atoms with Crippen molar-refractivity contribution in [1.82, 2.24) is 25.1 Å². The van der Waals surface area contributed by atoms with E-state index >= 15 is 0 Å². The second-order valence-corrected chi connectivity index (χ2v) is 3.51. The number of imidazole rings is 1. The first-order chi connectivity index (χ1) is 8.16. The Bertz CT molecular complexity index is 528. The van der Waals surface area contributed by atoms with Crippen LogP contribution in [0, 0.1) is 0 Å². The van der Waals surface area contributed by atoms with Crippen molar-refractivity contribution in [2.45, 2.75) is 6.54 Å². The van der Waals surface area contributed by atoms with Gasteiger partial charge in [0.1, 0.15) is 6.33 Å². The first kappa shape index (κ1) is 11.3. The summed E-state index contributed by atoms with van der Waals surface area (Å²) >= 11 is 5.81. The number of halogens is 1. The Morgan fingerprint density at radius 2 is 2.35 bits per heavy atom. The fourth-order valence-corrected chi connectivity index (χ4v) is 1.38. The highest BCUT2D eigenvalue weighted by Crippen LogP contribution is 2.14. The standard InChI is InChI=1S/C9H8ClN5O2/c10-8-6(4-12-9(16)17)3-7(13-14-8)15-2-1-11-5-15/h1-3,5,12H,4H2,(H,16,17). The van der Waals surface area contributed by atoms with Gasteiger partial charge in [0.05, 0.1) is 0 Å². The highest BCUT2D eigenvalue weighted by molar-refractivity contribution is 6.30.